The fourth-order valence-corrected chi connectivity index (χ4v) is 3.91. The van der Waals surface area contributed by atoms with Crippen LogP contribution in [0.25, 0.3) is 0 Å². The number of nitrogens with zero attached hydrogens (tertiary/aromatic N) is 2. The summed E-state index contributed by atoms with van der Waals surface area (Å²) in [6.45, 7) is 5.74. The Balaban J connectivity index is 2.05. The van der Waals surface area contributed by atoms with Crippen molar-refractivity contribution >= 4 is 10.0 Å². The number of hydrogen-bond acceptors (Lipinski definition) is 4. The maximum Gasteiger partial charge on any atom is 0.243 e. The van der Waals surface area contributed by atoms with Crippen LogP contribution in [0, 0.1) is 5.82 Å². The normalized spacial score (nSPS) is 18.9. The van der Waals surface area contributed by atoms with Gasteiger partial charge in [0.2, 0.25) is 10.0 Å². The van der Waals surface area contributed by atoms with Gasteiger partial charge in [-0.3, -0.25) is 4.90 Å². The predicted molar refractivity (Wildman–Crippen MR) is 77.9 cm³/mol. The molecule has 0 spiro atoms. The fraction of sp³-hybridized carbons (Fsp3) is 0.571. The molecular formula is C14H21FN2O3S. The highest BCUT2D eigenvalue weighted by atomic mass is 32.2. The second kappa shape index (κ2) is 6.00. The van der Waals surface area contributed by atoms with Crippen molar-refractivity contribution < 1.29 is 17.9 Å². The maximum atomic E-state index is 13.2. The average molecular weight is 316 g/mol. The van der Waals surface area contributed by atoms with Gasteiger partial charge >= 0.3 is 0 Å². The summed E-state index contributed by atoms with van der Waals surface area (Å²) in [5.74, 6) is -0.559. The molecule has 1 N–H and O–H groups in total. The molecule has 1 aliphatic rings. The molecule has 0 aromatic heterocycles. The monoisotopic (exact) mass is 316 g/mol. The van der Waals surface area contributed by atoms with Crippen molar-refractivity contribution in [2.45, 2.75) is 24.3 Å². The summed E-state index contributed by atoms with van der Waals surface area (Å²) >= 11 is 0. The van der Waals surface area contributed by atoms with E-state index in [9.17, 15) is 17.9 Å². The molecule has 0 saturated carbocycles. The predicted octanol–water partition coefficient (Wildman–Crippen LogP) is 0.903. The highest BCUT2D eigenvalue weighted by molar-refractivity contribution is 7.89. The van der Waals surface area contributed by atoms with E-state index in [0.717, 1.165) is 6.07 Å². The lowest BCUT2D eigenvalue weighted by Crippen LogP contribution is -2.51. The Morgan fingerprint density at radius 3 is 2.38 bits per heavy atom. The number of hydrogen-bond donors (Lipinski definition) is 1. The number of β-amino-alcohol motifs (C(OH)–C–C–N with tert-alkyl or cyclic N) is 1. The van der Waals surface area contributed by atoms with Crippen LogP contribution in [-0.4, -0.2) is 61.1 Å². The van der Waals surface area contributed by atoms with Crippen molar-refractivity contribution in [3.63, 3.8) is 0 Å². The van der Waals surface area contributed by atoms with Crippen LogP contribution in [0.1, 0.15) is 13.8 Å². The summed E-state index contributed by atoms with van der Waals surface area (Å²) in [4.78, 5) is 2.01. The van der Waals surface area contributed by atoms with Gasteiger partial charge in [0, 0.05) is 32.7 Å². The summed E-state index contributed by atoms with van der Waals surface area (Å²) in [5.41, 5.74) is -0.802. The van der Waals surface area contributed by atoms with Crippen molar-refractivity contribution in [3.8, 4) is 0 Å². The second-order valence-electron chi connectivity index (χ2n) is 5.95. The van der Waals surface area contributed by atoms with Gasteiger partial charge in [0.1, 0.15) is 5.82 Å². The highest BCUT2D eigenvalue weighted by Crippen LogP contribution is 2.19. The molecule has 7 heteroatoms. The minimum Gasteiger partial charge on any atom is -0.389 e. The van der Waals surface area contributed by atoms with Gasteiger partial charge < -0.3 is 5.11 Å². The first-order chi connectivity index (χ1) is 9.68. The Morgan fingerprint density at radius 2 is 1.86 bits per heavy atom. The van der Waals surface area contributed by atoms with Crippen molar-refractivity contribution in [1.29, 1.82) is 0 Å². The van der Waals surface area contributed by atoms with Crippen molar-refractivity contribution in [2.75, 3.05) is 32.7 Å². The van der Waals surface area contributed by atoms with E-state index in [1.807, 2.05) is 4.90 Å². The van der Waals surface area contributed by atoms with E-state index in [1.165, 1.54) is 22.5 Å². The molecule has 1 heterocycles. The standard InChI is InChI=1S/C14H21FN2O3S/c1-14(2,18)11-16-6-8-17(9-7-16)21(19,20)13-5-3-4-12(15)10-13/h3-5,10,18H,6-9,11H2,1-2H3. The van der Waals surface area contributed by atoms with Crippen LogP contribution in [0.15, 0.2) is 29.2 Å². The zero-order valence-electron chi connectivity index (χ0n) is 12.3. The third-order valence-corrected chi connectivity index (χ3v) is 5.27. The van der Waals surface area contributed by atoms with Crippen LogP contribution in [-0.2, 0) is 10.0 Å². The summed E-state index contributed by atoms with van der Waals surface area (Å²) < 4.78 is 39.4. The van der Waals surface area contributed by atoms with Gasteiger partial charge in [0.05, 0.1) is 10.5 Å². The molecule has 0 amide bonds. The smallest absolute Gasteiger partial charge is 0.243 e. The zero-order valence-corrected chi connectivity index (χ0v) is 13.1. The Bertz CT molecular complexity index is 590. The van der Waals surface area contributed by atoms with Crippen LogP contribution < -0.4 is 0 Å². The SMILES string of the molecule is CC(C)(O)CN1CCN(S(=O)(=O)c2cccc(F)c2)CC1. The Kier molecular flexibility index (Phi) is 4.67. The van der Waals surface area contributed by atoms with Crippen LogP contribution >= 0.6 is 0 Å². The molecule has 21 heavy (non-hydrogen) atoms. The molecule has 1 fully saturated rings. The van der Waals surface area contributed by atoms with Crippen LogP contribution in [0.5, 0.6) is 0 Å². The molecule has 0 bridgehead atoms. The fourth-order valence-electron chi connectivity index (χ4n) is 2.45. The van der Waals surface area contributed by atoms with Gasteiger partial charge in [-0.1, -0.05) is 6.07 Å². The first-order valence-corrected chi connectivity index (χ1v) is 8.33. The summed E-state index contributed by atoms with van der Waals surface area (Å²) in [6.07, 6.45) is 0. The molecule has 1 saturated heterocycles. The molecule has 0 radical (unpaired) electrons. The van der Waals surface area contributed by atoms with Crippen molar-refractivity contribution in [3.05, 3.63) is 30.1 Å². The van der Waals surface area contributed by atoms with Crippen LogP contribution in [0.2, 0.25) is 0 Å². The third kappa shape index (κ3) is 4.23. The van der Waals surface area contributed by atoms with E-state index < -0.39 is 21.4 Å². The zero-order chi connectivity index (χ0) is 15.7. The first kappa shape index (κ1) is 16.4. The minimum atomic E-state index is -3.65. The molecule has 0 atom stereocenters. The number of sulfonamides is 1. The molecule has 2 rings (SSSR count). The average Bonchev–Trinajstić information content (AvgIpc) is 2.37. The van der Waals surface area contributed by atoms with Gasteiger partial charge in [-0.05, 0) is 32.0 Å². The van der Waals surface area contributed by atoms with Gasteiger partial charge in [-0.15, -0.1) is 0 Å². The lowest BCUT2D eigenvalue weighted by molar-refractivity contribution is 0.0263. The van der Waals surface area contributed by atoms with E-state index in [2.05, 4.69) is 0 Å². The molecule has 1 aliphatic heterocycles. The highest BCUT2D eigenvalue weighted by Gasteiger charge is 2.30. The van der Waals surface area contributed by atoms with Crippen LogP contribution in [0.3, 0.4) is 0 Å². The topological polar surface area (TPSA) is 60.9 Å². The largest absolute Gasteiger partial charge is 0.389 e. The molecule has 1 aromatic carbocycles. The Morgan fingerprint density at radius 1 is 1.24 bits per heavy atom. The molecule has 118 valence electrons. The van der Waals surface area contributed by atoms with E-state index in [4.69, 9.17) is 0 Å². The Labute approximate surface area is 125 Å². The number of aliphatic hydroxyl groups is 1. The number of halogens is 1. The number of piperazine rings is 1. The molecule has 0 aliphatic carbocycles. The molecule has 1 aromatic rings. The second-order valence-corrected chi connectivity index (χ2v) is 7.89. The maximum absolute atomic E-state index is 13.2. The van der Waals surface area contributed by atoms with Gasteiger partial charge in [0.15, 0.2) is 0 Å². The van der Waals surface area contributed by atoms with Gasteiger partial charge in [-0.2, -0.15) is 4.31 Å². The molecule has 5 nitrogen and oxygen atoms in total. The number of benzene rings is 1. The van der Waals surface area contributed by atoms with E-state index in [0.29, 0.717) is 32.7 Å². The number of rotatable bonds is 4. The quantitative estimate of drug-likeness (QED) is 0.897. The lowest BCUT2D eigenvalue weighted by atomic mass is 10.1. The molecular weight excluding hydrogens is 295 g/mol. The first-order valence-electron chi connectivity index (χ1n) is 6.89. The molecule has 0 unspecified atom stereocenters. The van der Waals surface area contributed by atoms with Crippen molar-refractivity contribution in [1.82, 2.24) is 9.21 Å². The Hall–Kier alpha value is -1.02. The minimum absolute atomic E-state index is 0.0153. The third-order valence-electron chi connectivity index (χ3n) is 3.38. The van der Waals surface area contributed by atoms with Crippen LogP contribution in [0.4, 0.5) is 4.39 Å². The van der Waals surface area contributed by atoms with Crippen molar-refractivity contribution in [2.24, 2.45) is 0 Å². The van der Waals surface area contributed by atoms with Gasteiger partial charge in [-0.25, -0.2) is 12.8 Å². The summed E-state index contributed by atoms with van der Waals surface area (Å²) in [7, 11) is -3.65. The van der Waals surface area contributed by atoms with E-state index in [-0.39, 0.29) is 4.90 Å². The van der Waals surface area contributed by atoms with E-state index >= 15 is 0 Å². The summed E-state index contributed by atoms with van der Waals surface area (Å²) in [6, 6.07) is 5.06. The van der Waals surface area contributed by atoms with E-state index in [1.54, 1.807) is 13.8 Å². The summed E-state index contributed by atoms with van der Waals surface area (Å²) in [5, 5.41) is 9.79. The lowest BCUT2D eigenvalue weighted by Gasteiger charge is -2.36. The van der Waals surface area contributed by atoms with Gasteiger partial charge in [0.25, 0.3) is 0 Å².